The van der Waals surface area contributed by atoms with E-state index in [4.69, 9.17) is 23.2 Å². The van der Waals surface area contributed by atoms with Crippen LogP contribution in [-0.2, 0) is 15.8 Å². The van der Waals surface area contributed by atoms with E-state index < -0.39 is 28.7 Å². The maximum absolute atomic E-state index is 13.4. The fourth-order valence-corrected chi connectivity index (χ4v) is 5.35. The van der Waals surface area contributed by atoms with Crippen molar-refractivity contribution in [2.24, 2.45) is 11.7 Å². The number of alkyl halides is 3. The summed E-state index contributed by atoms with van der Waals surface area (Å²) in [5.41, 5.74) is 2.80. The third kappa shape index (κ3) is 5.98. The molecule has 1 atom stereocenters. The highest BCUT2D eigenvalue weighted by Gasteiger charge is 2.49. The predicted octanol–water partition coefficient (Wildman–Crippen LogP) is 4.05. The first-order valence-electron chi connectivity index (χ1n) is 12.2. The molecule has 196 valence electrons. The number of anilines is 1. The van der Waals surface area contributed by atoms with Crippen molar-refractivity contribution in [1.82, 2.24) is 9.80 Å². The molecular formula is C25H32F3N5O2S. The second-order valence-electron chi connectivity index (χ2n) is 9.93. The van der Waals surface area contributed by atoms with E-state index in [0.717, 1.165) is 75.2 Å². The van der Waals surface area contributed by atoms with Crippen LogP contribution in [0.25, 0.3) is 0 Å². The molecule has 0 aromatic heterocycles. The number of nitrogens with zero attached hydrogens (tertiary/aromatic N) is 4. The van der Waals surface area contributed by atoms with Crippen molar-refractivity contribution >= 4 is 34.8 Å². The zero-order valence-corrected chi connectivity index (χ0v) is 21.4. The highest BCUT2D eigenvalue weighted by Crippen LogP contribution is 2.38. The minimum atomic E-state index is -4.72. The van der Waals surface area contributed by atoms with E-state index in [1.165, 1.54) is 6.07 Å². The third-order valence-electron chi connectivity index (χ3n) is 7.04. The van der Waals surface area contributed by atoms with Crippen molar-refractivity contribution < 1.29 is 22.8 Å². The SMILES string of the molecule is CC1(C)C(=O)N(c2ccc(C#N)c(C(F)(F)F)c2)C(=S)N1CCCCCCCN1CC[C@H](C(N)=O)C1. The molecule has 0 saturated carbocycles. The summed E-state index contributed by atoms with van der Waals surface area (Å²) < 4.78 is 40.3. The van der Waals surface area contributed by atoms with Gasteiger partial charge in [0, 0.05) is 13.1 Å². The fourth-order valence-electron chi connectivity index (χ4n) is 4.85. The van der Waals surface area contributed by atoms with Crippen LogP contribution in [0.5, 0.6) is 0 Å². The molecule has 0 aliphatic carbocycles. The number of carbonyl (C=O) groups is 2. The van der Waals surface area contributed by atoms with Gasteiger partial charge in [-0.15, -0.1) is 0 Å². The van der Waals surface area contributed by atoms with E-state index in [1.54, 1.807) is 24.8 Å². The quantitative estimate of drug-likeness (QED) is 0.368. The molecule has 2 saturated heterocycles. The lowest BCUT2D eigenvalue weighted by Crippen LogP contribution is -2.44. The van der Waals surface area contributed by atoms with Gasteiger partial charge in [-0.1, -0.05) is 19.3 Å². The van der Waals surface area contributed by atoms with Crippen LogP contribution in [-0.4, -0.2) is 58.4 Å². The molecule has 11 heteroatoms. The van der Waals surface area contributed by atoms with Crippen LogP contribution in [0.1, 0.15) is 63.5 Å². The number of halogens is 3. The van der Waals surface area contributed by atoms with E-state index in [0.29, 0.717) is 6.54 Å². The van der Waals surface area contributed by atoms with Crippen LogP contribution >= 0.6 is 12.2 Å². The Labute approximate surface area is 215 Å². The number of carbonyl (C=O) groups excluding carboxylic acids is 2. The minimum absolute atomic E-state index is 0.00684. The first-order valence-corrected chi connectivity index (χ1v) is 12.6. The Balaban J connectivity index is 1.52. The second-order valence-corrected chi connectivity index (χ2v) is 10.3. The lowest BCUT2D eigenvalue weighted by Gasteiger charge is -2.29. The number of amides is 2. The van der Waals surface area contributed by atoms with Crippen LogP contribution in [0.2, 0.25) is 0 Å². The van der Waals surface area contributed by atoms with E-state index in [9.17, 15) is 22.8 Å². The van der Waals surface area contributed by atoms with Gasteiger partial charge < -0.3 is 15.5 Å². The Morgan fingerprint density at radius 2 is 1.83 bits per heavy atom. The van der Waals surface area contributed by atoms with Crippen molar-refractivity contribution in [3.63, 3.8) is 0 Å². The number of nitrogens with two attached hydrogens (primary N) is 1. The van der Waals surface area contributed by atoms with E-state index in [2.05, 4.69) is 4.90 Å². The number of unbranched alkanes of at least 4 members (excludes halogenated alkanes) is 4. The molecular weight excluding hydrogens is 491 g/mol. The summed E-state index contributed by atoms with van der Waals surface area (Å²) in [6.45, 7) is 6.54. The van der Waals surface area contributed by atoms with Gasteiger partial charge in [-0.2, -0.15) is 18.4 Å². The van der Waals surface area contributed by atoms with Gasteiger partial charge in [-0.25, -0.2) is 0 Å². The van der Waals surface area contributed by atoms with Gasteiger partial charge in [0.25, 0.3) is 5.91 Å². The largest absolute Gasteiger partial charge is 0.417 e. The molecule has 2 heterocycles. The van der Waals surface area contributed by atoms with Crippen molar-refractivity contribution in [2.45, 2.75) is 64.1 Å². The van der Waals surface area contributed by atoms with Gasteiger partial charge in [0.15, 0.2) is 5.11 Å². The molecule has 2 aliphatic heterocycles. The van der Waals surface area contributed by atoms with Gasteiger partial charge >= 0.3 is 6.18 Å². The van der Waals surface area contributed by atoms with Crippen LogP contribution in [0.15, 0.2) is 18.2 Å². The third-order valence-corrected chi connectivity index (χ3v) is 7.44. The van der Waals surface area contributed by atoms with Crippen LogP contribution in [0.4, 0.5) is 18.9 Å². The first-order chi connectivity index (χ1) is 16.9. The van der Waals surface area contributed by atoms with E-state index >= 15 is 0 Å². The zero-order valence-electron chi connectivity index (χ0n) is 20.6. The summed E-state index contributed by atoms with van der Waals surface area (Å²) in [4.78, 5) is 29.6. The molecule has 2 aliphatic rings. The average molecular weight is 524 g/mol. The van der Waals surface area contributed by atoms with Gasteiger partial charge in [0.2, 0.25) is 5.91 Å². The number of thiocarbonyl (C=S) groups is 1. The summed E-state index contributed by atoms with van der Waals surface area (Å²) in [5.74, 6) is -0.660. The van der Waals surface area contributed by atoms with Crippen molar-refractivity contribution in [3.8, 4) is 6.07 Å². The Morgan fingerprint density at radius 1 is 1.19 bits per heavy atom. The molecule has 1 aromatic carbocycles. The molecule has 0 bridgehead atoms. The standard InChI is InChI=1S/C25H32F3N5O2S/c1-24(2)22(35)33(19-9-8-17(15-29)20(14-19)25(26,27)28)23(36)32(24)12-7-5-3-4-6-11-31-13-10-18(16-31)21(30)34/h8-9,14,18H,3-7,10-13,16H2,1-2H3,(H2,30,34)/t18-/m0/s1. The van der Waals surface area contributed by atoms with Crippen molar-refractivity contribution in [1.29, 1.82) is 5.26 Å². The lowest BCUT2D eigenvalue weighted by molar-refractivity contribution is -0.137. The topological polar surface area (TPSA) is 93.7 Å². The highest BCUT2D eigenvalue weighted by molar-refractivity contribution is 7.80. The monoisotopic (exact) mass is 523 g/mol. The normalized spacial score (nSPS) is 20.3. The minimum Gasteiger partial charge on any atom is -0.369 e. The maximum Gasteiger partial charge on any atom is 0.417 e. The molecule has 2 amide bonds. The number of nitriles is 1. The summed E-state index contributed by atoms with van der Waals surface area (Å²) in [5, 5.41) is 9.21. The Morgan fingerprint density at radius 3 is 2.42 bits per heavy atom. The molecule has 0 spiro atoms. The van der Waals surface area contributed by atoms with Crippen LogP contribution < -0.4 is 10.6 Å². The number of rotatable bonds is 10. The highest BCUT2D eigenvalue weighted by atomic mass is 32.1. The van der Waals surface area contributed by atoms with Gasteiger partial charge in [0.05, 0.1) is 28.8 Å². The summed E-state index contributed by atoms with van der Waals surface area (Å²) in [6, 6.07) is 4.76. The van der Waals surface area contributed by atoms with Gasteiger partial charge in [-0.05, 0) is 76.6 Å². The predicted molar refractivity (Wildman–Crippen MR) is 134 cm³/mol. The second kappa shape index (κ2) is 11.1. The molecule has 2 N–H and O–H groups in total. The smallest absolute Gasteiger partial charge is 0.369 e. The molecule has 36 heavy (non-hydrogen) atoms. The number of hydrogen-bond acceptors (Lipinski definition) is 5. The van der Waals surface area contributed by atoms with Crippen molar-refractivity contribution in [3.05, 3.63) is 29.3 Å². The molecule has 7 nitrogen and oxygen atoms in total. The molecule has 2 fully saturated rings. The summed E-state index contributed by atoms with van der Waals surface area (Å²) in [7, 11) is 0. The van der Waals surface area contributed by atoms with E-state index in [-0.39, 0.29) is 22.6 Å². The lowest BCUT2D eigenvalue weighted by atomic mass is 10.0. The number of benzene rings is 1. The number of likely N-dealkylation sites (tertiary alicyclic amines) is 1. The fraction of sp³-hybridized carbons (Fsp3) is 0.600. The maximum atomic E-state index is 13.4. The number of primary amides is 1. The Hall–Kier alpha value is -2.71. The molecule has 0 unspecified atom stereocenters. The first kappa shape index (κ1) is 27.9. The van der Waals surface area contributed by atoms with Gasteiger partial charge in [0.1, 0.15) is 5.54 Å². The molecule has 3 rings (SSSR count). The van der Waals surface area contributed by atoms with Gasteiger partial charge in [-0.3, -0.25) is 14.5 Å². The van der Waals surface area contributed by atoms with E-state index in [1.807, 2.05) is 0 Å². The number of hydrogen-bond donors (Lipinski definition) is 1. The molecule has 0 radical (unpaired) electrons. The average Bonchev–Trinajstić information content (AvgIpc) is 3.34. The Bertz CT molecular complexity index is 1050. The molecule has 1 aromatic rings. The zero-order chi connectivity index (χ0) is 26.7. The summed E-state index contributed by atoms with van der Waals surface area (Å²) in [6.07, 6.45) is 0.918. The van der Waals surface area contributed by atoms with Crippen LogP contribution in [0.3, 0.4) is 0 Å². The Kier molecular flexibility index (Phi) is 8.62. The van der Waals surface area contributed by atoms with Crippen molar-refractivity contribution in [2.75, 3.05) is 31.1 Å². The summed E-state index contributed by atoms with van der Waals surface area (Å²) >= 11 is 5.52. The van der Waals surface area contributed by atoms with Crippen LogP contribution in [0, 0.1) is 17.2 Å².